The number of hydrogen-bond acceptors (Lipinski definition) is 2. The van der Waals surface area contributed by atoms with Gasteiger partial charge in [-0.05, 0) is 18.4 Å². The van der Waals surface area contributed by atoms with Crippen LogP contribution in [0.5, 0.6) is 0 Å². The van der Waals surface area contributed by atoms with Crippen LogP contribution in [0.3, 0.4) is 0 Å². The molecule has 16 heavy (non-hydrogen) atoms. The molecule has 2 aliphatic heterocycles. The Kier molecular flexibility index (Phi) is 2.04. The normalized spacial score (nSPS) is 33.2. The quantitative estimate of drug-likeness (QED) is 0.769. The highest BCUT2D eigenvalue weighted by Gasteiger charge is 2.53. The highest BCUT2D eigenvalue weighted by molar-refractivity contribution is 5.81. The minimum absolute atomic E-state index is 0.0117. The number of fused-ring (bicyclic) bond motifs is 1. The topological polar surface area (TPSA) is 40.5 Å². The molecule has 2 atom stereocenters. The molecule has 0 radical (unpaired) electrons. The zero-order chi connectivity index (χ0) is 11.2. The Bertz CT molecular complexity index is 417. The van der Waals surface area contributed by atoms with E-state index in [1.165, 1.54) is 0 Å². The molecule has 1 aromatic rings. The van der Waals surface area contributed by atoms with Crippen molar-refractivity contribution < 1.29 is 9.90 Å². The standard InChI is InChI=1S/C13H15NO2/c15-12-9-13(16,10-5-2-1-3-6-10)11-7-4-8-14(11)12/h1-3,5-6,11,16H,4,7-9H2/t11-,13+/m0/s1. The van der Waals surface area contributed by atoms with E-state index in [0.717, 1.165) is 24.9 Å². The largest absolute Gasteiger partial charge is 0.382 e. The molecule has 3 rings (SSSR count). The molecule has 2 fully saturated rings. The summed E-state index contributed by atoms with van der Waals surface area (Å²) < 4.78 is 0. The number of carbonyl (C=O) groups excluding carboxylic acids is 1. The van der Waals surface area contributed by atoms with Crippen LogP contribution in [0.2, 0.25) is 0 Å². The van der Waals surface area contributed by atoms with Crippen molar-refractivity contribution in [2.45, 2.75) is 30.9 Å². The van der Waals surface area contributed by atoms with Crippen LogP contribution in [0.4, 0.5) is 0 Å². The van der Waals surface area contributed by atoms with Gasteiger partial charge in [0.15, 0.2) is 0 Å². The highest BCUT2D eigenvalue weighted by atomic mass is 16.3. The van der Waals surface area contributed by atoms with Crippen molar-refractivity contribution in [3.63, 3.8) is 0 Å². The predicted octanol–water partition coefficient (Wildman–Crippen LogP) is 1.27. The van der Waals surface area contributed by atoms with Crippen LogP contribution < -0.4 is 0 Å². The van der Waals surface area contributed by atoms with E-state index in [0.29, 0.717) is 0 Å². The number of nitrogens with zero attached hydrogens (tertiary/aromatic N) is 1. The van der Waals surface area contributed by atoms with E-state index in [1.807, 2.05) is 35.2 Å². The summed E-state index contributed by atoms with van der Waals surface area (Å²) in [5.74, 6) is 0.0915. The second-order valence-corrected chi connectivity index (χ2v) is 4.71. The van der Waals surface area contributed by atoms with Gasteiger partial charge in [-0.1, -0.05) is 30.3 Å². The lowest BCUT2D eigenvalue weighted by Gasteiger charge is -2.29. The third-order valence-electron chi connectivity index (χ3n) is 3.82. The van der Waals surface area contributed by atoms with Gasteiger partial charge in [-0.15, -0.1) is 0 Å². The van der Waals surface area contributed by atoms with E-state index in [2.05, 4.69) is 0 Å². The van der Waals surface area contributed by atoms with Crippen molar-refractivity contribution in [3.8, 4) is 0 Å². The van der Waals surface area contributed by atoms with Crippen molar-refractivity contribution in [2.75, 3.05) is 6.54 Å². The lowest BCUT2D eigenvalue weighted by atomic mass is 9.85. The van der Waals surface area contributed by atoms with E-state index >= 15 is 0 Å². The summed E-state index contributed by atoms with van der Waals surface area (Å²) in [4.78, 5) is 13.7. The first-order chi connectivity index (χ1) is 7.72. The predicted molar refractivity (Wildman–Crippen MR) is 59.7 cm³/mol. The van der Waals surface area contributed by atoms with Crippen LogP contribution in [-0.4, -0.2) is 28.5 Å². The van der Waals surface area contributed by atoms with Gasteiger partial charge in [0.1, 0.15) is 5.60 Å². The molecule has 84 valence electrons. The van der Waals surface area contributed by atoms with Crippen LogP contribution in [0.25, 0.3) is 0 Å². The number of amides is 1. The number of aliphatic hydroxyl groups is 1. The second kappa shape index (κ2) is 3.32. The molecule has 1 amide bonds. The van der Waals surface area contributed by atoms with Gasteiger partial charge in [-0.2, -0.15) is 0 Å². The maximum atomic E-state index is 11.8. The van der Waals surface area contributed by atoms with Gasteiger partial charge in [0, 0.05) is 6.54 Å². The summed E-state index contributed by atoms with van der Waals surface area (Å²) in [7, 11) is 0. The fraction of sp³-hybridized carbons (Fsp3) is 0.462. The van der Waals surface area contributed by atoms with Gasteiger partial charge in [0.25, 0.3) is 0 Å². The fourth-order valence-corrected chi connectivity index (χ4v) is 3.03. The Balaban J connectivity index is 2.03. The average Bonchev–Trinajstić information content (AvgIpc) is 2.86. The third-order valence-corrected chi connectivity index (χ3v) is 3.82. The molecular weight excluding hydrogens is 202 g/mol. The minimum atomic E-state index is -0.963. The van der Waals surface area contributed by atoms with Gasteiger partial charge in [-0.25, -0.2) is 0 Å². The first-order valence-electron chi connectivity index (χ1n) is 5.79. The molecule has 2 aliphatic rings. The number of rotatable bonds is 1. The molecule has 2 heterocycles. The molecule has 3 heteroatoms. The van der Waals surface area contributed by atoms with Crippen molar-refractivity contribution in [2.24, 2.45) is 0 Å². The van der Waals surface area contributed by atoms with Crippen molar-refractivity contribution in [1.29, 1.82) is 0 Å². The van der Waals surface area contributed by atoms with E-state index in [1.54, 1.807) is 0 Å². The Hall–Kier alpha value is -1.35. The maximum Gasteiger partial charge on any atom is 0.226 e. The summed E-state index contributed by atoms with van der Waals surface area (Å²) in [6.45, 7) is 0.804. The zero-order valence-electron chi connectivity index (χ0n) is 9.10. The molecule has 1 aromatic carbocycles. The monoisotopic (exact) mass is 217 g/mol. The lowest BCUT2D eigenvalue weighted by Crippen LogP contribution is -2.38. The van der Waals surface area contributed by atoms with Crippen molar-refractivity contribution >= 4 is 5.91 Å². The molecule has 0 spiro atoms. The first kappa shape index (κ1) is 9.85. The maximum absolute atomic E-state index is 11.8. The minimum Gasteiger partial charge on any atom is -0.382 e. The highest BCUT2D eigenvalue weighted by Crippen LogP contribution is 2.43. The molecule has 0 bridgehead atoms. The molecular formula is C13H15NO2. The Morgan fingerprint density at radius 1 is 1.31 bits per heavy atom. The number of benzene rings is 1. The van der Waals surface area contributed by atoms with Gasteiger partial charge in [0.2, 0.25) is 5.91 Å². The number of carbonyl (C=O) groups is 1. The molecule has 0 aromatic heterocycles. The summed E-state index contributed by atoms with van der Waals surface area (Å²) in [5.41, 5.74) is -0.0905. The van der Waals surface area contributed by atoms with Gasteiger partial charge >= 0.3 is 0 Å². The smallest absolute Gasteiger partial charge is 0.226 e. The fourth-order valence-electron chi connectivity index (χ4n) is 3.03. The summed E-state index contributed by atoms with van der Waals surface area (Å²) >= 11 is 0. The van der Waals surface area contributed by atoms with Crippen LogP contribution in [0.15, 0.2) is 30.3 Å². The Morgan fingerprint density at radius 2 is 2.06 bits per heavy atom. The van der Waals surface area contributed by atoms with Gasteiger partial charge in [-0.3, -0.25) is 4.79 Å². The van der Waals surface area contributed by atoms with Crippen LogP contribution in [0.1, 0.15) is 24.8 Å². The number of hydrogen-bond donors (Lipinski definition) is 1. The summed E-state index contributed by atoms with van der Waals surface area (Å²) in [6, 6.07) is 9.56. The van der Waals surface area contributed by atoms with Crippen LogP contribution >= 0.6 is 0 Å². The molecule has 0 saturated carbocycles. The van der Waals surface area contributed by atoms with Gasteiger partial charge in [0.05, 0.1) is 12.5 Å². The third kappa shape index (κ3) is 1.21. The van der Waals surface area contributed by atoms with E-state index in [-0.39, 0.29) is 18.4 Å². The summed E-state index contributed by atoms with van der Waals surface area (Å²) in [6.07, 6.45) is 2.16. The molecule has 0 aliphatic carbocycles. The van der Waals surface area contributed by atoms with Crippen molar-refractivity contribution in [1.82, 2.24) is 4.90 Å². The molecule has 0 unspecified atom stereocenters. The Labute approximate surface area is 94.7 Å². The van der Waals surface area contributed by atoms with E-state index < -0.39 is 5.60 Å². The van der Waals surface area contributed by atoms with E-state index in [4.69, 9.17) is 0 Å². The van der Waals surface area contributed by atoms with Crippen LogP contribution in [-0.2, 0) is 10.4 Å². The average molecular weight is 217 g/mol. The second-order valence-electron chi connectivity index (χ2n) is 4.71. The molecule has 3 nitrogen and oxygen atoms in total. The Morgan fingerprint density at radius 3 is 2.81 bits per heavy atom. The zero-order valence-corrected chi connectivity index (χ0v) is 9.10. The lowest BCUT2D eigenvalue weighted by molar-refractivity contribution is -0.128. The molecule has 2 saturated heterocycles. The first-order valence-corrected chi connectivity index (χ1v) is 5.79. The van der Waals surface area contributed by atoms with E-state index in [9.17, 15) is 9.90 Å². The molecule has 1 N–H and O–H groups in total. The van der Waals surface area contributed by atoms with Crippen molar-refractivity contribution in [3.05, 3.63) is 35.9 Å². The summed E-state index contributed by atoms with van der Waals surface area (Å²) in [5, 5.41) is 10.7. The van der Waals surface area contributed by atoms with Gasteiger partial charge < -0.3 is 10.0 Å². The van der Waals surface area contributed by atoms with Crippen LogP contribution in [0, 0.1) is 0 Å². The SMILES string of the molecule is O=C1C[C@@](O)(c2ccccc2)[C@@H]2CCCN12.